The molecule has 0 unspecified atom stereocenters. The summed E-state index contributed by atoms with van der Waals surface area (Å²) in [5.74, 6) is 1.04. The van der Waals surface area contributed by atoms with Crippen molar-refractivity contribution in [3.63, 3.8) is 0 Å². The van der Waals surface area contributed by atoms with Gasteiger partial charge in [-0.05, 0) is 37.6 Å². The normalized spacial score (nSPS) is 18.1. The van der Waals surface area contributed by atoms with Gasteiger partial charge in [-0.1, -0.05) is 18.2 Å². The van der Waals surface area contributed by atoms with Gasteiger partial charge in [0, 0.05) is 11.9 Å². The number of nitrogens with zero attached hydrogens (tertiary/aromatic N) is 3. The van der Waals surface area contributed by atoms with Gasteiger partial charge in [0.2, 0.25) is 0 Å². The van der Waals surface area contributed by atoms with E-state index in [2.05, 4.69) is 80.0 Å². The van der Waals surface area contributed by atoms with E-state index >= 15 is 0 Å². The fraction of sp³-hybridized carbons (Fsp3) is 0.214. The molecule has 3 rings (SSSR count). The molecule has 0 fully saturated rings. The Morgan fingerprint density at radius 3 is 2.61 bits per heavy atom. The summed E-state index contributed by atoms with van der Waals surface area (Å²) in [6.07, 6.45) is 2.13. The molecular formula is C14H14IN3. The third kappa shape index (κ3) is 1.67. The topological polar surface area (TPSA) is 19.4 Å². The fourth-order valence-electron chi connectivity index (χ4n) is 2.37. The molecule has 1 atom stereocenters. The molecule has 4 heteroatoms. The average molecular weight is 351 g/mol. The highest BCUT2D eigenvalue weighted by Crippen LogP contribution is 2.44. The second-order valence-electron chi connectivity index (χ2n) is 4.45. The van der Waals surface area contributed by atoms with Crippen molar-refractivity contribution < 1.29 is 0 Å². The predicted molar refractivity (Wildman–Crippen MR) is 83.5 cm³/mol. The highest BCUT2D eigenvalue weighted by atomic mass is 127. The summed E-state index contributed by atoms with van der Waals surface area (Å²) in [6.45, 7) is 4.33. The minimum Gasteiger partial charge on any atom is -0.303 e. The summed E-state index contributed by atoms with van der Waals surface area (Å²) in [6, 6.07) is 12.5. The largest absolute Gasteiger partial charge is 0.303 e. The van der Waals surface area contributed by atoms with Crippen molar-refractivity contribution in [2.45, 2.75) is 20.0 Å². The molecular weight excluding hydrogens is 337 g/mol. The van der Waals surface area contributed by atoms with E-state index in [9.17, 15) is 0 Å². The monoisotopic (exact) mass is 351 g/mol. The Labute approximate surface area is 121 Å². The van der Waals surface area contributed by atoms with Gasteiger partial charge in [-0.3, -0.25) is 3.11 Å². The average Bonchev–Trinajstić information content (AvgIpc) is 2.64. The molecule has 2 heterocycles. The quantitative estimate of drug-likeness (QED) is 0.571. The molecule has 0 N–H and O–H groups in total. The van der Waals surface area contributed by atoms with E-state index < -0.39 is 0 Å². The summed E-state index contributed by atoms with van der Waals surface area (Å²) >= 11 is 2.35. The maximum atomic E-state index is 4.54. The molecule has 0 saturated carbocycles. The van der Waals surface area contributed by atoms with Gasteiger partial charge in [0.1, 0.15) is 6.17 Å². The lowest BCUT2D eigenvalue weighted by atomic mass is 10.2. The number of para-hydroxylation sites is 1. The Morgan fingerprint density at radius 2 is 1.83 bits per heavy atom. The number of halogens is 1. The molecule has 92 valence electrons. The van der Waals surface area contributed by atoms with E-state index in [4.69, 9.17) is 0 Å². The first-order chi connectivity index (χ1) is 8.70. The molecule has 1 aromatic carbocycles. The molecule has 0 bridgehead atoms. The number of aryl methyl sites for hydroxylation is 1. The second-order valence-corrected chi connectivity index (χ2v) is 5.49. The number of rotatable bonds is 1. The molecule has 0 radical (unpaired) electrons. The van der Waals surface area contributed by atoms with E-state index in [0.29, 0.717) is 0 Å². The van der Waals surface area contributed by atoms with Crippen LogP contribution in [0, 0.1) is 6.92 Å². The summed E-state index contributed by atoms with van der Waals surface area (Å²) in [7, 11) is 0. The van der Waals surface area contributed by atoms with Crippen molar-refractivity contribution in [2.24, 2.45) is 0 Å². The van der Waals surface area contributed by atoms with Crippen LogP contribution in [-0.2, 0) is 0 Å². The van der Waals surface area contributed by atoms with Gasteiger partial charge < -0.3 is 4.90 Å². The Morgan fingerprint density at radius 1 is 1.11 bits per heavy atom. The van der Waals surface area contributed by atoms with E-state index in [1.165, 1.54) is 16.9 Å². The molecule has 3 nitrogen and oxygen atoms in total. The first-order valence-electron chi connectivity index (χ1n) is 5.95. The van der Waals surface area contributed by atoms with Crippen molar-refractivity contribution in [2.75, 3.05) is 8.01 Å². The van der Waals surface area contributed by atoms with E-state index in [-0.39, 0.29) is 6.17 Å². The summed E-state index contributed by atoms with van der Waals surface area (Å²) in [5, 5.41) is 0. The molecule has 1 aliphatic heterocycles. The van der Waals surface area contributed by atoms with Gasteiger partial charge >= 0.3 is 0 Å². The van der Waals surface area contributed by atoms with Gasteiger partial charge in [0.05, 0.1) is 28.6 Å². The van der Waals surface area contributed by atoms with Crippen LogP contribution in [0.2, 0.25) is 0 Å². The van der Waals surface area contributed by atoms with Crippen LogP contribution in [0.5, 0.6) is 0 Å². The SMILES string of the molecule is Cc1ccccc1N1c2ncccc2N(I)[C@H]1C. The number of hydrogen-bond acceptors (Lipinski definition) is 3. The van der Waals surface area contributed by atoms with Gasteiger partial charge in [-0.2, -0.15) is 0 Å². The van der Waals surface area contributed by atoms with Gasteiger partial charge in [0.25, 0.3) is 0 Å². The summed E-state index contributed by atoms with van der Waals surface area (Å²) in [4.78, 5) is 6.83. The maximum absolute atomic E-state index is 4.54. The molecule has 0 aliphatic carbocycles. The standard InChI is InChI=1S/C14H14IN3/c1-10-6-3-4-7-12(10)17-11(2)18(15)13-8-5-9-16-14(13)17/h3-9,11H,1-2H3/t11-/m0/s1. The highest BCUT2D eigenvalue weighted by molar-refractivity contribution is 14.1. The summed E-state index contributed by atoms with van der Waals surface area (Å²) < 4.78 is 2.23. The smallest absolute Gasteiger partial charge is 0.159 e. The van der Waals surface area contributed by atoms with Gasteiger partial charge in [-0.15, -0.1) is 0 Å². The van der Waals surface area contributed by atoms with E-state index in [0.717, 1.165) is 5.82 Å². The lowest BCUT2D eigenvalue weighted by Gasteiger charge is -2.27. The minimum absolute atomic E-state index is 0.275. The zero-order valence-corrected chi connectivity index (χ0v) is 12.5. The number of hydrogen-bond donors (Lipinski definition) is 0. The van der Waals surface area contributed by atoms with Crippen LogP contribution in [0.3, 0.4) is 0 Å². The van der Waals surface area contributed by atoms with Crippen LogP contribution in [0.4, 0.5) is 17.2 Å². The maximum Gasteiger partial charge on any atom is 0.159 e. The van der Waals surface area contributed by atoms with Crippen molar-refractivity contribution in [1.82, 2.24) is 4.98 Å². The lowest BCUT2D eigenvalue weighted by molar-refractivity contribution is 0.802. The number of aromatic nitrogens is 1. The van der Waals surface area contributed by atoms with Crippen LogP contribution in [0.25, 0.3) is 0 Å². The third-order valence-electron chi connectivity index (χ3n) is 3.30. The molecule has 0 spiro atoms. The van der Waals surface area contributed by atoms with Crippen LogP contribution < -0.4 is 8.01 Å². The predicted octanol–water partition coefficient (Wildman–Crippen LogP) is 4.04. The fourth-order valence-corrected chi connectivity index (χ4v) is 3.00. The van der Waals surface area contributed by atoms with Gasteiger partial charge in [0.15, 0.2) is 5.82 Å². The van der Waals surface area contributed by atoms with E-state index in [1.807, 2.05) is 12.3 Å². The van der Waals surface area contributed by atoms with Gasteiger partial charge in [-0.25, -0.2) is 4.98 Å². The first kappa shape index (κ1) is 11.8. The van der Waals surface area contributed by atoms with Crippen LogP contribution in [-0.4, -0.2) is 11.1 Å². The number of benzene rings is 1. The molecule has 0 amide bonds. The molecule has 1 aliphatic rings. The van der Waals surface area contributed by atoms with Crippen LogP contribution in [0.15, 0.2) is 42.6 Å². The van der Waals surface area contributed by atoms with E-state index in [1.54, 1.807) is 0 Å². The second kappa shape index (κ2) is 4.42. The van der Waals surface area contributed by atoms with Crippen LogP contribution >= 0.6 is 22.9 Å². The van der Waals surface area contributed by atoms with Crippen molar-refractivity contribution in [1.29, 1.82) is 0 Å². The van der Waals surface area contributed by atoms with Crippen LogP contribution in [0.1, 0.15) is 12.5 Å². The summed E-state index contributed by atoms with van der Waals surface area (Å²) in [5.41, 5.74) is 3.67. The van der Waals surface area contributed by atoms with Crippen molar-refractivity contribution in [3.05, 3.63) is 48.2 Å². The van der Waals surface area contributed by atoms with Crippen molar-refractivity contribution >= 4 is 40.1 Å². The number of pyridine rings is 1. The lowest BCUT2D eigenvalue weighted by Crippen LogP contribution is -2.32. The van der Waals surface area contributed by atoms with Crippen molar-refractivity contribution in [3.8, 4) is 0 Å². The number of anilines is 3. The zero-order valence-electron chi connectivity index (χ0n) is 10.3. The Kier molecular flexibility index (Phi) is 2.89. The molecule has 2 aromatic rings. The molecule has 0 saturated heterocycles. The first-order valence-corrected chi connectivity index (χ1v) is 6.91. The third-order valence-corrected chi connectivity index (χ3v) is 4.63. The zero-order chi connectivity index (χ0) is 12.7. The Bertz CT molecular complexity index is 585. The molecule has 1 aromatic heterocycles. The number of fused-ring (bicyclic) bond motifs is 1. The Balaban J connectivity index is 2.16. The Hall–Kier alpha value is -1.30. The minimum atomic E-state index is 0.275. The highest BCUT2D eigenvalue weighted by Gasteiger charge is 2.34. The molecule has 18 heavy (non-hydrogen) atoms.